The minimum atomic E-state index is 0.553. The van der Waals surface area contributed by atoms with Crippen molar-refractivity contribution in [3.63, 3.8) is 0 Å². The number of pyridine rings is 1. The molecule has 4 aromatic rings. The number of fused-ring (bicyclic) bond motifs is 2. The lowest BCUT2D eigenvalue weighted by atomic mass is 10.4. The van der Waals surface area contributed by atoms with Crippen molar-refractivity contribution in [3.8, 4) is 28.2 Å². The molecule has 8 nitrogen and oxygen atoms in total. The molecule has 0 unspecified atom stereocenters. The molecule has 4 heterocycles. The Morgan fingerprint density at radius 3 is 2.70 bits per heavy atom. The number of imidazole rings is 2. The first-order valence-electron chi connectivity index (χ1n) is 6.73. The van der Waals surface area contributed by atoms with Gasteiger partial charge in [-0.1, -0.05) is 0 Å². The summed E-state index contributed by atoms with van der Waals surface area (Å²) in [5.74, 6) is 1.31. The molecule has 23 heavy (non-hydrogen) atoms. The zero-order chi connectivity index (χ0) is 16.0. The fraction of sp³-hybridized carbons (Fsp3) is 0.214. The summed E-state index contributed by atoms with van der Waals surface area (Å²) >= 11 is 1.37. The van der Waals surface area contributed by atoms with Crippen LogP contribution in [0.15, 0.2) is 24.5 Å². The van der Waals surface area contributed by atoms with Crippen molar-refractivity contribution in [2.24, 2.45) is 0 Å². The van der Waals surface area contributed by atoms with Gasteiger partial charge in [0.2, 0.25) is 10.8 Å². The van der Waals surface area contributed by atoms with Gasteiger partial charge in [0.25, 0.3) is 5.19 Å². The number of aromatic nitrogens is 5. The largest absolute Gasteiger partial charge is 0.496 e. The quantitative estimate of drug-likeness (QED) is 0.570. The van der Waals surface area contributed by atoms with E-state index in [0.29, 0.717) is 22.5 Å². The van der Waals surface area contributed by atoms with Crippen molar-refractivity contribution in [1.82, 2.24) is 24.0 Å². The van der Waals surface area contributed by atoms with Gasteiger partial charge in [0.15, 0.2) is 0 Å². The molecule has 0 amide bonds. The molecule has 0 atom stereocenters. The topological polar surface area (TPSA) is 75.2 Å². The minimum Gasteiger partial charge on any atom is -0.496 e. The molecule has 0 spiro atoms. The second kappa shape index (κ2) is 5.13. The SMILES string of the molecule is COc1cc(OC)n2cc(-c3cnc4sc(OC)nn34)nc2c1. The monoisotopic (exact) mass is 331 g/mol. The molecule has 0 N–H and O–H groups in total. The number of nitrogens with zero attached hydrogens (tertiary/aromatic N) is 5. The highest BCUT2D eigenvalue weighted by Crippen LogP contribution is 2.29. The first-order chi connectivity index (χ1) is 11.2. The Kier molecular flexibility index (Phi) is 3.08. The highest BCUT2D eigenvalue weighted by atomic mass is 32.1. The fourth-order valence-corrected chi connectivity index (χ4v) is 3.06. The van der Waals surface area contributed by atoms with Crippen molar-refractivity contribution >= 4 is 21.9 Å². The van der Waals surface area contributed by atoms with Crippen LogP contribution in [0.5, 0.6) is 16.8 Å². The Balaban J connectivity index is 1.92. The van der Waals surface area contributed by atoms with Gasteiger partial charge in [-0.3, -0.25) is 4.40 Å². The van der Waals surface area contributed by atoms with Crippen LogP contribution < -0.4 is 14.2 Å². The van der Waals surface area contributed by atoms with Crippen LogP contribution in [0.3, 0.4) is 0 Å². The lowest BCUT2D eigenvalue weighted by molar-refractivity contribution is 0.378. The first-order valence-corrected chi connectivity index (χ1v) is 7.55. The van der Waals surface area contributed by atoms with Gasteiger partial charge in [-0.15, -0.1) is 5.10 Å². The molecule has 4 aromatic heterocycles. The minimum absolute atomic E-state index is 0.553. The summed E-state index contributed by atoms with van der Waals surface area (Å²) in [6, 6.07) is 3.64. The Hall–Kier alpha value is -2.81. The van der Waals surface area contributed by atoms with E-state index in [1.165, 1.54) is 11.3 Å². The Morgan fingerprint density at radius 2 is 1.96 bits per heavy atom. The fourth-order valence-electron chi connectivity index (χ4n) is 2.36. The molecule has 0 aliphatic carbocycles. The zero-order valence-electron chi connectivity index (χ0n) is 12.7. The lowest BCUT2D eigenvalue weighted by Crippen LogP contribution is -1.94. The standard InChI is InChI=1S/C14H13N5O3S/c1-20-8-4-11-16-9(7-18(11)12(5-8)21-2)10-6-15-13-19(10)17-14(22-3)23-13/h4-7H,1-3H3. The van der Waals surface area contributed by atoms with Crippen LogP contribution in [-0.4, -0.2) is 45.3 Å². The average Bonchev–Trinajstić information content (AvgIpc) is 3.25. The van der Waals surface area contributed by atoms with Gasteiger partial charge in [-0.05, 0) is 11.3 Å². The summed E-state index contributed by atoms with van der Waals surface area (Å²) < 4.78 is 19.4. The van der Waals surface area contributed by atoms with Gasteiger partial charge in [-0.25, -0.2) is 9.97 Å². The van der Waals surface area contributed by atoms with E-state index in [-0.39, 0.29) is 0 Å². The van der Waals surface area contributed by atoms with E-state index in [1.54, 1.807) is 38.1 Å². The van der Waals surface area contributed by atoms with Crippen LogP contribution in [0.2, 0.25) is 0 Å². The van der Waals surface area contributed by atoms with Gasteiger partial charge >= 0.3 is 0 Å². The van der Waals surface area contributed by atoms with Crippen LogP contribution in [0.1, 0.15) is 0 Å². The summed E-state index contributed by atoms with van der Waals surface area (Å²) in [5, 5.41) is 4.91. The molecule has 0 saturated carbocycles. The Morgan fingerprint density at radius 1 is 1.09 bits per heavy atom. The van der Waals surface area contributed by atoms with E-state index in [2.05, 4.69) is 15.1 Å². The third-order valence-electron chi connectivity index (χ3n) is 3.46. The zero-order valence-corrected chi connectivity index (χ0v) is 13.5. The van der Waals surface area contributed by atoms with E-state index >= 15 is 0 Å². The maximum atomic E-state index is 5.40. The molecule has 4 rings (SSSR count). The van der Waals surface area contributed by atoms with Crippen LogP contribution in [0.4, 0.5) is 0 Å². The van der Waals surface area contributed by atoms with Gasteiger partial charge in [0.1, 0.15) is 22.8 Å². The second-order valence-corrected chi connectivity index (χ2v) is 5.62. The molecule has 118 valence electrons. The van der Waals surface area contributed by atoms with Crippen molar-refractivity contribution in [1.29, 1.82) is 0 Å². The third-order valence-corrected chi connectivity index (χ3v) is 4.34. The maximum absolute atomic E-state index is 5.40. The Bertz CT molecular complexity index is 1000. The van der Waals surface area contributed by atoms with E-state index in [9.17, 15) is 0 Å². The van der Waals surface area contributed by atoms with E-state index in [0.717, 1.165) is 16.3 Å². The van der Waals surface area contributed by atoms with E-state index in [4.69, 9.17) is 14.2 Å². The molecule has 0 aliphatic rings. The molecule has 0 radical (unpaired) electrons. The molecule has 9 heteroatoms. The van der Waals surface area contributed by atoms with Crippen molar-refractivity contribution in [3.05, 3.63) is 24.5 Å². The second-order valence-electron chi connectivity index (χ2n) is 4.70. The average molecular weight is 331 g/mol. The number of rotatable bonds is 4. The summed E-state index contributed by atoms with van der Waals surface area (Å²) in [7, 11) is 4.80. The summed E-state index contributed by atoms with van der Waals surface area (Å²) in [5.41, 5.74) is 2.23. The highest BCUT2D eigenvalue weighted by molar-refractivity contribution is 7.18. The number of hydrogen-bond donors (Lipinski definition) is 0. The smallest absolute Gasteiger partial charge is 0.294 e. The van der Waals surface area contributed by atoms with Gasteiger partial charge in [0, 0.05) is 18.3 Å². The summed E-state index contributed by atoms with van der Waals surface area (Å²) in [6.45, 7) is 0. The predicted molar refractivity (Wildman–Crippen MR) is 84.7 cm³/mol. The van der Waals surface area contributed by atoms with Crippen LogP contribution in [0.25, 0.3) is 22.0 Å². The summed E-state index contributed by atoms with van der Waals surface area (Å²) in [4.78, 5) is 9.72. The third kappa shape index (κ3) is 2.08. The van der Waals surface area contributed by atoms with Crippen molar-refractivity contribution in [2.45, 2.75) is 0 Å². The Labute approximate surface area is 134 Å². The predicted octanol–water partition coefficient (Wildman–Crippen LogP) is 2.13. The van der Waals surface area contributed by atoms with Crippen molar-refractivity contribution < 1.29 is 14.2 Å². The van der Waals surface area contributed by atoms with Gasteiger partial charge in [0.05, 0.1) is 27.5 Å². The molecule has 0 aromatic carbocycles. The molecule has 0 saturated heterocycles. The number of hydrogen-bond acceptors (Lipinski definition) is 7. The normalized spacial score (nSPS) is 11.3. The highest BCUT2D eigenvalue weighted by Gasteiger charge is 2.16. The van der Waals surface area contributed by atoms with Crippen LogP contribution in [-0.2, 0) is 0 Å². The maximum Gasteiger partial charge on any atom is 0.294 e. The van der Waals surface area contributed by atoms with Gasteiger partial charge in [-0.2, -0.15) is 4.52 Å². The first kappa shape index (κ1) is 13.8. The van der Waals surface area contributed by atoms with Crippen LogP contribution in [0, 0.1) is 0 Å². The van der Waals surface area contributed by atoms with Gasteiger partial charge < -0.3 is 14.2 Å². The van der Waals surface area contributed by atoms with Crippen LogP contribution >= 0.6 is 11.3 Å². The van der Waals surface area contributed by atoms with E-state index in [1.807, 2.05) is 16.7 Å². The number of ether oxygens (including phenoxy) is 3. The van der Waals surface area contributed by atoms with Crippen molar-refractivity contribution in [2.75, 3.05) is 21.3 Å². The molecule has 0 bridgehead atoms. The molecular weight excluding hydrogens is 318 g/mol. The molecule has 0 fully saturated rings. The lowest BCUT2D eigenvalue weighted by Gasteiger charge is -2.06. The summed E-state index contributed by atoms with van der Waals surface area (Å²) in [6.07, 6.45) is 3.62. The number of methoxy groups -OCH3 is 3. The molecular formula is C14H13N5O3S. The van der Waals surface area contributed by atoms with E-state index < -0.39 is 0 Å². The molecule has 0 aliphatic heterocycles.